The van der Waals surface area contributed by atoms with Gasteiger partial charge in [0.15, 0.2) is 5.11 Å². The van der Waals surface area contributed by atoms with Gasteiger partial charge in [0.05, 0.1) is 17.3 Å². The van der Waals surface area contributed by atoms with Crippen molar-refractivity contribution in [3.05, 3.63) is 80.2 Å². The highest BCUT2D eigenvalue weighted by atomic mass is 79.9. The molecule has 0 aliphatic carbocycles. The zero-order valence-corrected chi connectivity index (χ0v) is 25.2. The topological polar surface area (TPSA) is 81.1 Å². The summed E-state index contributed by atoms with van der Waals surface area (Å²) in [6, 6.07) is 15.9. The number of aromatic nitrogens is 3. The third-order valence-corrected chi connectivity index (χ3v) is 7.10. The number of rotatable bonds is 8. The first-order chi connectivity index (χ1) is 18.3. The van der Waals surface area contributed by atoms with Crippen molar-refractivity contribution < 1.29 is 9.53 Å². The van der Waals surface area contributed by atoms with Gasteiger partial charge in [-0.1, -0.05) is 41.4 Å². The first-order valence-electron chi connectivity index (χ1n) is 12.1. The van der Waals surface area contributed by atoms with Crippen LogP contribution in [-0.4, -0.2) is 33.1 Å². The van der Waals surface area contributed by atoms with Crippen molar-refractivity contribution in [3.63, 3.8) is 0 Å². The Hall–Kier alpha value is -3.08. The predicted molar refractivity (Wildman–Crippen MR) is 164 cm³/mol. The van der Waals surface area contributed by atoms with Crippen LogP contribution in [-0.2, 0) is 11.2 Å². The number of thiocarbonyl (C=S) groups is 1. The van der Waals surface area contributed by atoms with Gasteiger partial charge < -0.3 is 10.1 Å². The van der Waals surface area contributed by atoms with Crippen LogP contribution in [0.15, 0.2) is 63.6 Å². The molecule has 0 radical (unpaired) electrons. The molecule has 2 N–H and O–H groups in total. The number of carbonyl (C=O) groups excluding carboxylic acids is 1. The normalized spacial score (nSPS) is 11.2. The van der Waals surface area contributed by atoms with E-state index in [2.05, 4.69) is 71.7 Å². The van der Waals surface area contributed by atoms with Gasteiger partial charge in [-0.05, 0) is 102 Å². The van der Waals surface area contributed by atoms with Gasteiger partial charge in [0, 0.05) is 21.8 Å². The Balaban J connectivity index is 1.44. The van der Waals surface area contributed by atoms with E-state index in [-0.39, 0.29) is 11.0 Å². The highest BCUT2D eigenvalue weighted by Gasteiger charge is 2.11. The summed E-state index contributed by atoms with van der Waals surface area (Å²) in [6.45, 7) is 4.14. The number of halogens is 2. The van der Waals surface area contributed by atoms with Crippen molar-refractivity contribution in [1.29, 1.82) is 0 Å². The zero-order chi connectivity index (χ0) is 27.2. The summed E-state index contributed by atoms with van der Waals surface area (Å²) >= 11 is 12.3. The van der Waals surface area contributed by atoms with E-state index in [1.807, 2.05) is 43.3 Å². The van der Waals surface area contributed by atoms with Crippen LogP contribution in [0.1, 0.15) is 36.5 Å². The van der Waals surface area contributed by atoms with Gasteiger partial charge >= 0.3 is 0 Å². The quantitative estimate of drug-likeness (QED) is 0.155. The summed E-state index contributed by atoms with van der Waals surface area (Å²) in [5, 5.41) is 15.2. The molecule has 3 aromatic carbocycles. The smallest absolute Gasteiger partial charge is 0.250 e. The average Bonchev–Trinajstić information content (AvgIpc) is 3.29. The molecule has 0 aliphatic rings. The standard InChI is InChI=1S/C28H27Br2N5O2S/c1-4-5-6-18-7-10-21(11-8-18)35-33-24-13-17(2)23(16-25(24)34-35)31-28(38)32-26(36)12-9-19-14-20(29)15-22(30)27(19)37-3/h7-16H,4-6H2,1-3H3,(H2,31,32,36,38)/b12-9+. The molecule has 1 amide bonds. The van der Waals surface area contributed by atoms with E-state index in [4.69, 9.17) is 17.0 Å². The lowest BCUT2D eigenvalue weighted by Gasteiger charge is -2.11. The molecule has 0 spiro atoms. The third-order valence-electron chi connectivity index (χ3n) is 5.85. The van der Waals surface area contributed by atoms with Crippen LogP contribution in [0.25, 0.3) is 22.8 Å². The second-order valence-electron chi connectivity index (χ2n) is 8.70. The van der Waals surface area contributed by atoms with Crippen LogP contribution in [0.5, 0.6) is 5.75 Å². The average molecular weight is 657 g/mol. The van der Waals surface area contributed by atoms with E-state index >= 15 is 0 Å². The van der Waals surface area contributed by atoms with Crippen LogP contribution in [0.4, 0.5) is 5.69 Å². The molecule has 1 heterocycles. The maximum atomic E-state index is 12.5. The molecule has 0 aliphatic heterocycles. The van der Waals surface area contributed by atoms with E-state index < -0.39 is 0 Å². The van der Waals surface area contributed by atoms with Crippen molar-refractivity contribution in [3.8, 4) is 11.4 Å². The summed E-state index contributed by atoms with van der Waals surface area (Å²) in [6.07, 6.45) is 6.49. The van der Waals surface area contributed by atoms with Gasteiger partial charge in [-0.3, -0.25) is 10.1 Å². The Morgan fingerprint density at radius 3 is 2.50 bits per heavy atom. The third kappa shape index (κ3) is 6.86. The molecule has 0 unspecified atom stereocenters. The van der Waals surface area contributed by atoms with Gasteiger partial charge in [-0.15, -0.1) is 10.2 Å². The number of methoxy groups -OCH3 is 1. The number of unbranched alkanes of at least 4 members (excludes halogenated alkanes) is 1. The number of hydrogen-bond donors (Lipinski definition) is 2. The number of nitrogens with zero attached hydrogens (tertiary/aromatic N) is 3. The molecule has 4 aromatic rings. The molecular formula is C28H27Br2N5O2S. The molecule has 0 bridgehead atoms. The fraction of sp³-hybridized carbons (Fsp3) is 0.214. The summed E-state index contributed by atoms with van der Waals surface area (Å²) in [4.78, 5) is 14.1. The lowest BCUT2D eigenvalue weighted by Crippen LogP contribution is -2.33. The van der Waals surface area contributed by atoms with Crippen molar-refractivity contribution in [2.45, 2.75) is 33.1 Å². The molecule has 196 valence electrons. The van der Waals surface area contributed by atoms with E-state index in [1.165, 1.54) is 24.5 Å². The second kappa shape index (κ2) is 12.6. The zero-order valence-electron chi connectivity index (χ0n) is 21.2. The lowest BCUT2D eigenvalue weighted by molar-refractivity contribution is -0.115. The molecule has 0 atom stereocenters. The largest absolute Gasteiger partial charge is 0.495 e. The number of ether oxygens (including phenoxy) is 1. The molecule has 0 saturated carbocycles. The maximum absolute atomic E-state index is 12.5. The lowest BCUT2D eigenvalue weighted by atomic mass is 10.1. The van der Waals surface area contributed by atoms with E-state index in [0.29, 0.717) is 5.75 Å². The highest BCUT2D eigenvalue weighted by Crippen LogP contribution is 2.33. The summed E-state index contributed by atoms with van der Waals surface area (Å²) in [5.74, 6) is 0.259. The maximum Gasteiger partial charge on any atom is 0.250 e. The Labute approximate surface area is 243 Å². The molecule has 38 heavy (non-hydrogen) atoms. The number of benzene rings is 3. The minimum Gasteiger partial charge on any atom is -0.495 e. The molecule has 4 rings (SSSR count). The summed E-state index contributed by atoms with van der Waals surface area (Å²) in [7, 11) is 1.58. The van der Waals surface area contributed by atoms with Crippen LogP contribution in [0, 0.1) is 6.92 Å². The van der Waals surface area contributed by atoms with Crippen LogP contribution < -0.4 is 15.4 Å². The van der Waals surface area contributed by atoms with Crippen molar-refractivity contribution in [2.75, 3.05) is 12.4 Å². The molecular weight excluding hydrogens is 630 g/mol. The van der Waals surface area contributed by atoms with Crippen molar-refractivity contribution in [2.24, 2.45) is 0 Å². The number of fused-ring (bicyclic) bond motifs is 1. The Bertz CT molecular complexity index is 1520. The molecule has 0 fully saturated rings. The number of nitrogens with one attached hydrogen (secondary N) is 2. The van der Waals surface area contributed by atoms with Gasteiger partial charge in [0.25, 0.3) is 0 Å². The van der Waals surface area contributed by atoms with Gasteiger partial charge in [-0.2, -0.15) is 4.80 Å². The van der Waals surface area contributed by atoms with E-state index in [0.717, 1.165) is 48.9 Å². The molecule has 7 nitrogen and oxygen atoms in total. The van der Waals surface area contributed by atoms with Gasteiger partial charge in [0.2, 0.25) is 5.91 Å². The highest BCUT2D eigenvalue weighted by molar-refractivity contribution is 9.11. The fourth-order valence-corrected chi connectivity index (χ4v) is 5.52. The summed E-state index contributed by atoms with van der Waals surface area (Å²) in [5.41, 5.74) is 6.11. The minimum absolute atomic E-state index is 0.180. The number of amides is 1. The monoisotopic (exact) mass is 655 g/mol. The number of aryl methyl sites for hydroxylation is 2. The van der Waals surface area contributed by atoms with Gasteiger partial charge in [-0.25, -0.2) is 0 Å². The van der Waals surface area contributed by atoms with Gasteiger partial charge in [0.1, 0.15) is 16.8 Å². The van der Waals surface area contributed by atoms with Crippen LogP contribution >= 0.6 is 44.1 Å². The van der Waals surface area contributed by atoms with E-state index in [1.54, 1.807) is 18.0 Å². The number of anilines is 1. The molecule has 10 heteroatoms. The van der Waals surface area contributed by atoms with Crippen molar-refractivity contribution >= 4 is 77.9 Å². The Morgan fingerprint density at radius 2 is 1.82 bits per heavy atom. The van der Waals surface area contributed by atoms with Crippen molar-refractivity contribution in [1.82, 2.24) is 20.3 Å². The Kier molecular flexibility index (Phi) is 9.30. The summed E-state index contributed by atoms with van der Waals surface area (Å²) < 4.78 is 7.05. The second-order valence-corrected chi connectivity index (χ2v) is 10.9. The van der Waals surface area contributed by atoms with Crippen LogP contribution in [0.2, 0.25) is 0 Å². The fourth-order valence-electron chi connectivity index (χ4n) is 3.89. The number of carbonyl (C=O) groups is 1. The number of hydrogen-bond acceptors (Lipinski definition) is 5. The van der Waals surface area contributed by atoms with E-state index in [9.17, 15) is 4.79 Å². The minimum atomic E-state index is -0.368. The molecule has 0 saturated heterocycles. The SMILES string of the molecule is CCCCc1ccc(-n2nc3cc(C)c(NC(=S)NC(=O)/C=C/c4cc(Br)cc(Br)c4OC)cc3n2)cc1. The predicted octanol–water partition coefficient (Wildman–Crippen LogP) is 7.13. The first-order valence-corrected chi connectivity index (χ1v) is 14.1. The van der Waals surface area contributed by atoms with Crippen LogP contribution in [0.3, 0.4) is 0 Å². The first kappa shape index (κ1) is 27.9. The molecule has 1 aromatic heterocycles. The Morgan fingerprint density at radius 1 is 1.11 bits per heavy atom.